The first-order valence-electron chi connectivity index (χ1n) is 8.03. The van der Waals surface area contributed by atoms with Gasteiger partial charge in [0.05, 0.1) is 11.9 Å². The van der Waals surface area contributed by atoms with Gasteiger partial charge in [-0.1, -0.05) is 38.2 Å². The maximum Gasteiger partial charge on any atom is 0.214 e. The van der Waals surface area contributed by atoms with Crippen molar-refractivity contribution < 1.29 is 0 Å². The second-order valence-corrected chi connectivity index (χ2v) is 7.81. The Balaban J connectivity index is 1.44. The lowest BCUT2D eigenvalue weighted by Gasteiger charge is -2.13. The Labute approximate surface area is 149 Å². The van der Waals surface area contributed by atoms with E-state index in [2.05, 4.69) is 46.1 Å². The molecule has 0 aliphatic rings. The van der Waals surface area contributed by atoms with E-state index in [1.165, 1.54) is 0 Å². The molecule has 0 saturated heterocycles. The molecule has 0 aliphatic heterocycles. The van der Waals surface area contributed by atoms with E-state index in [0.717, 1.165) is 27.2 Å². The lowest BCUT2D eigenvalue weighted by Crippen LogP contribution is -2.11. The molecular weight excluding hydrogens is 334 g/mol. The third-order valence-electron chi connectivity index (χ3n) is 3.83. The number of hydrogen-bond donors (Lipinski definition) is 1. The van der Waals surface area contributed by atoms with Crippen LogP contribution in [0.4, 0.5) is 5.13 Å². The summed E-state index contributed by atoms with van der Waals surface area (Å²) < 4.78 is 3.72. The molecule has 8 heteroatoms. The Morgan fingerprint density at radius 2 is 2.12 bits per heavy atom. The molecule has 25 heavy (non-hydrogen) atoms. The highest BCUT2D eigenvalue weighted by Gasteiger charge is 2.19. The van der Waals surface area contributed by atoms with Crippen molar-refractivity contribution in [3.05, 3.63) is 54.5 Å². The van der Waals surface area contributed by atoms with Crippen LogP contribution in [0.3, 0.4) is 0 Å². The number of nitrogens with zero attached hydrogens (tertiary/aromatic N) is 6. The zero-order chi connectivity index (χ0) is 17.4. The van der Waals surface area contributed by atoms with Crippen LogP contribution in [0.5, 0.6) is 0 Å². The van der Waals surface area contributed by atoms with Crippen LogP contribution in [-0.4, -0.2) is 29.1 Å². The molecule has 0 spiro atoms. The summed E-state index contributed by atoms with van der Waals surface area (Å²) in [5, 5.41) is 8.73. The van der Waals surface area contributed by atoms with Gasteiger partial charge in [-0.25, -0.2) is 19.5 Å². The summed E-state index contributed by atoms with van der Waals surface area (Å²) in [6, 6.07) is 4.02. The summed E-state index contributed by atoms with van der Waals surface area (Å²) >= 11 is 1.55. The molecule has 0 unspecified atom stereocenters. The Bertz CT molecular complexity index is 943. The number of nitrogens with one attached hydrogen (secondary N) is 1. The number of imidazole rings is 2. The van der Waals surface area contributed by atoms with Crippen LogP contribution in [0.1, 0.15) is 32.0 Å². The summed E-state index contributed by atoms with van der Waals surface area (Å²) in [5.41, 5.74) is 2.17. The molecule has 4 aromatic heterocycles. The zero-order valence-corrected chi connectivity index (χ0v) is 15.2. The summed E-state index contributed by atoms with van der Waals surface area (Å²) in [6.07, 6.45) is 9.20. The van der Waals surface area contributed by atoms with Gasteiger partial charge in [-0.15, -0.1) is 5.10 Å². The van der Waals surface area contributed by atoms with E-state index in [1.54, 1.807) is 23.9 Å². The first kappa shape index (κ1) is 15.8. The summed E-state index contributed by atoms with van der Waals surface area (Å²) in [7, 11) is 0. The van der Waals surface area contributed by atoms with E-state index in [0.29, 0.717) is 6.54 Å². The van der Waals surface area contributed by atoms with Crippen molar-refractivity contribution in [1.29, 1.82) is 0 Å². The highest BCUT2D eigenvalue weighted by atomic mass is 32.1. The fourth-order valence-corrected chi connectivity index (χ4v) is 3.16. The minimum Gasteiger partial charge on any atom is -0.356 e. The molecule has 7 nitrogen and oxygen atoms in total. The van der Waals surface area contributed by atoms with E-state index in [1.807, 2.05) is 39.8 Å². The molecule has 1 N–H and O–H groups in total. The zero-order valence-electron chi connectivity index (χ0n) is 14.3. The molecule has 0 fully saturated rings. The largest absolute Gasteiger partial charge is 0.356 e. The van der Waals surface area contributed by atoms with Gasteiger partial charge in [-0.05, 0) is 11.6 Å². The number of fused-ring (bicyclic) bond motifs is 1. The predicted octanol–water partition coefficient (Wildman–Crippen LogP) is 3.28. The van der Waals surface area contributed by atoms with Crippen molar-refractivity contribution >= 4 is 21.4 Å². The van der Waals surface area contributed by atoms with Crippen molar-refractivity contribution in [3.63, 3.8) is 0 Å². The van der Waals surface area contributed by atoms with Crippen LogP contribution >= 0.6 is 11.3 Å². The third-order valence-corrected chi connectivity index (χ3v) is 4.71. The second kappa shape index (κ2) is 5.96. The normalized spacial score (nSPS) is 12.0. The van der Waals surface area contributed by atoms with Crippen LogP contribution in [0.2, 0.25) is 0 Å². The highest BCUT2D eigenvalue weighted by molar-refractivity contribution is 7.20. The summed E-state index contributed by atoms with van der Waals surface area (Å²) in [5.74, 6) is 0.851. The predicted molar refractivity (Wildman–Crippen MR) is 98.2 cm³/mol. The number of aromatic nitrogens is 6. The number of rotatable bonds is 4. The Hall–Kier alpha value is -2.74. The second-order valence-electron chi connectivity index (χ2n) is 6.86. The smallest absolute Gasteiger partial charge is 0.214 e. The minimum absolute atomic E-state index is 0.0314. The van der Waals surface area contributed by atoms with Gasteiger partial charge in [-0.2, -0.15) is 0 Å². The Morgan fingerprint density at radius 3 is 2.76 bits per heavy atom. The molecule has 0 bridgehead atoms. The van der Waals surface area contributed by atoms with Gasteiger partial charge in [0.1, 0.15) is 12.1 Å². The van der Waals surface area contributed by atoms with Gasteiger partial charge in [-0.3, -0.25) is 4.57 Å². The van der Waals surface area contributed by atoms with Crippen LogP contribution in [0.25, 0.3) is 10.8 Å². The molecule has 0 atom stereocenters. The SMILES string of the molecule is CC(C)(C)c1cn2nc(NCc3ccc(-n4ccnc4)nc3)sc2n1. The fraction of sp³-hybridized carbons (Fsp3) is 0.294. The van der Waals surface area contributed by atoms with E-state index >= 15 is 0 Å². The highest BCUT2D eigenvalue weighted by Crippen LogP contribution is 2.25. The van der Waals surface area contributed by atoms with Crippen molar-refractivity contribution in [3.8, 4) is 5.82 Å². The summed E-state index contributed by atoms with van der Waals surface area (Å²) in [4.78, 5) is 14.0. The quantitative estimate of drug-likeness (QED) is 0.609. The average molecular weight is 353 g/mol. The average Bonchev–Trinajstić information content (AvgIpc) is 3.28. The monoisotopic (exact) mass is 353 g/mol. The van der Waals surface area contributed by atoms with Crippen molar-refractivity contribution in [1.82, 2.24) is 29.1 Å². The van der Waals surface area contributed by atoms with E-state index in [9.17, 15) is 0 Å². The van der Waals surface area contributed by atoms with E-state index in [-0.39, 0.29) is 5.41 Å². The molecule has 0 aromatic carbocycles. The van der Waals surface area contributed by atoms with E-state index < -0.39 is 0 Å². The molecular formula is C17H19N7S. The van der Waals surface area contributed by atoms with Crippen molar-refractivity contribution in [2.24, 2.45) is 0 Å². The van der Waals surface area contributed by atoms with E-state index in [4.69, 9.17) is 0 Å². The lowest BCUT2D eigenvalue weighted by atomic mass is 9.93. The lowest BCUT2D eigenvalue weighted by molar-refractivity contribution is 0.572. The molecule has 4 aromatic rings. The molecule has 0 saturated carbocycles. The maximum atomic E-state index is 4.66. The molecule has 0 radical (unpaired) electrons. The maximum absolute atomic E-state index is 4.66. The molecule has 0 amide bonds. The molecule has 128 valence electrons. The molecule has 0 aliphatic carbocycles. The van der Waals surface area contributed by atoms with Gasteiger partial charge in [0.25, 0.3) is 0 Å². The minimum atomic E-state index is 0.0314. The van der Waals surface area contributed by atoms with Crippen molar-refractivity contribution in [2.75, 3.05) is 5.32 Å². The van der Waals surface area contributed by atoms with Crippen LogP contribution in [0, 0.1) is 0 Å². The summed E-state index contributed by atoms with van der Waals surface area (Å²) in [6.45, 7) is 7.12. The first-order valence-corrected chi connectivity index (χ1v) is 8.84. The molecule has 4 rings (SSSR count). The Morgan fingerprint density at radius 1 is 1.24 bits per heavy atom. The van der Waals surface area contributed by atoms with Gasteiger partial charge in [0, 0.05) is 30.6 Å². The molecule has 4 heterocycles. The number of anilines is 1. The number of pyridine rings is 1. The first-order chi connectivity index (χ1) is 12.0. The van der Waals surface area contributed by atoms with Gasteiger partial charge in [0.2, 0.25) is 10.1 Å². The van der Waals surface area contributed by atoms with Crippen molar-refractivity contribution in [2.45, 2.75) is 32.7 Å². The number of hydrogen-bond acceptors (Lipinski definition) is 6. The van der Waals surface area contributed by atoms with Gasteiger partial charge >= 0.3 is 0 Å². The van der Waals surface area contributed by atoms with Gasteiger partial charge < -0.3 is 5.32 Å². The fourth-order valence-electron chi connectivity index (χ4n) is 2.38. The van der Waals surface area contributed by atoms with Gasteiger partial charge in [0.15, 0.2) is 0 Å². The van der Waals surface area contributed by atoms with Crippen LogP contribution in [-0.2, 0) is 12.0 Å². The topological polar surface area (TPSA) is 72.9 Å². The third kappa shape index (κ3) is 3.25. The standard InChI is InChI=1S/C17H19N7S/c1-17(2,3)13-10-24-16(21-13)25-15(22-24)20-9-12-4-5-14(19-8-12)23-7-6-18-11-23/h4-8,10-11H,9H2,1-3H3,(H,20,22). The van der Waals surface area contributed by atoms with Crippen LogP contribution < -0.4 is 5.32 Å². The van der Waals surface area contributed by atoms with Crippen LogP contribution in [0.15, 0.2) is 43.2 Å². The Kier molecular flexibility index (Phi) is 3.76.